The fourth-order valence-corrected chi connectivity index (χ4v) is 2.70. The van der Waals surface area contributed by atoms with Gasteiger partial charge in [0.1, 0.15) is 0 Å². The second-order valence-electron chi connectivity index (χ2n) is 5.49. The fourth-order valence-electron chi connectivity index (χ4n) is 2.58. The molecular formula is C16H22Cl2N2O2. The van der Waals surface area contributed by atoms with E-state index in [4.69, 9.17) is 17.3 Å². The van der Waals surface area contributed by atoms with E-state index in [9.17, 15) is 9.59 Å². The van der Waals surface area contributed by atoms with Crippen molar-refractivity contribution in [3.8, 4) is 0 Å². The predicted octanol–water partition coefficient (Wildman–Crippen LogP) is 2.92. The van der Waals surface area contributed by atoms with E-state index in [1.165, 1.54) is 0 Å². The van der Waals surface area contributed by atoms with Gasteiger partial charge < -0.3 is 10.6 Å². The van der Waals surface area contributed by atoms with Gasteiger partial charge in [0.2, 0.25) is 5.91 Å². The van der Waals surface area contributed by atoms with Crippen LogP contribution in [0.5, 0.6) is 0 Å². The summed E-state index contributed by atoms with van der Waals surface area (Å²) >= 11 is 5.79. The van der Waals surface area contributed by atoms with Crippen LogP contribution in [-0.2, 0) is 4.79 Å². The molecule has 0 aliphatic carbocycles. The van der Waals surface area contributed by atoms with Crippen LogP contribution in [0.15, 0.2) is 24.3 Å². The lowest BCUT2D eigenvalue weighted by atomic mass is 9.96. The van der Waals surface area contributed by atoms with Crippen molar-refractivity contribution >= 4 is 35.7 Å². The molecule has 1 saturated heterocycles. The number of carbonyl (C=O) groups is 2. The van der Waals surface area contributed by atoms with Crippen molar-refractivity contribution in [1.29, 1.82) is 0 Å². The van der Waals surface area contributed by atoms with Crippen LogP contribution in [0.25, 0.3) is 0 Å². The zero-order valence-corrected chi connectivity index (χ0v) is 14.0. The Balaban J connectivity index is 0.00000242. The molecule has 0 saturated carbocycles. The third kappa shape index (κ3) is 5.27. The molecule has 0 atom stereocenters. The van der Waals surface area contributed by atoms with Gasteiger partial charge in [-0.25, -0.2) is 0 Å². The maximum atomic E-state index is 12.1. The van der Waals surface area contributed by atoms with E-state index in [1.54, 1.807) is 24.3 Å². The number of carbonyl (C=O) groups excluding carboxylic acids is 2. The maximum absolute atomic E-state index is 12.1. The number of rotatable bonds is 5. The molecule has 0 aromatic heterocycles. The molecule has 22 heavy (non-hydrogen) atoms. The Labute approximate surface area is 142 Å². The van der Waals surface area contributed by atoms with Gasteiger partial charge in [0.15, 0.2) is 5.78 Å². The second-order valence-corrected chi connectivity index (χ2v) is 5.93. The normalized spacial score (nSPS) is 15.3. The standard InChI is InChI=1S/C16H21ClN2O2.ClH/c17-14-3-1-13(2-4-14)15(20)5-6-16(21)19-9-7-12(11-18)8-10-19;/h1-4,12H,5-11,18H2;1H. The van der Waals surface area contributed by atoms with E-state index < -0.39 is 0 Å². The highest BCUT2D eigenvalue weighted by Gasteiger charge is 2.22. The Morgan fingerprint density at radius 3 is 2.27 bits per heavy atom. The van der Waals surface area contributed by atoms with Crippen molar-refractivity contribution in [2.45, 2.75) is 25.7 Å². The van der Waals surface area contributed by atoms with Crippen LogP contribution in [0.1, 0.15) is 36.0 Å². The highest BCUT2D eigenvalue weighted by molar-refractivity contribution is 6.30. The molecule has 1 aromatic rings. The van der Waals surface area contributed by atoms with Crippen molar-refractivity contribution in [1.82, 2.24) is 4.90 Å². The van der Waals surface area contributed by atoms with Gasteiger partial charge in [-0.2, -0.15) is 0 Å². The Bertz CT molecular complexity index is 497. The number of ketones is 1. The van der Waals surface area contributed by atoms with Crippen LogP contribution in [0.3, 0.4) is 0 Å². The first kappa shape index (κ1) is 18.9. The van der Waals surface area contributed by atoms with Crippen LogP contribution >= 0.6 is 24.0 Å². The summed E-state index contributed by atoms with van der Waals surface area (Å²) in [6, 6.07) is 6.77. The molecular weight excluding hydrogens is 323 g/mol. The number of nitrogens with zero attached hydrogens (tertiary/aromatic N) is 1. The molecule has 0 bridgehead atoms. The number of halogens is 2. The summed E-state index contributed by atoms with van der Waals surface area (Å²) < 4.78 is 0. The van der Waals surface area contributed by atoms with Crippen LogP contribution in [-0.4, -0.2) is 36.2 Å². The van der Waals surface area contributed by atoms with E-state index in [-0.39, 0.29) is 36.9 Å². The number of hydrogen-bond acceptors (Lipinski definition) is 3. The number of benzene rings is 1. The van der Waals surface area contributed by atoms with E-state index in [1.807, 2.05) is 4.90 Å². The van der Waals surface area contributed by atoms with Crippen molar-refractivity contribution < 1.29 is 9.59 Å². The largest absolute Gasteiger partial charge is 0.343 e. The van der Waals surface area contributed by atoms with Crippen LogP contribution < -0.4 is 5.73 Å². The molecule has 0 radical (unpaired) electrons. The van der Waals surface area contributed by atoms with Gasteiger partial charge in [-0.3, -0.25) is 9.59 Å². The van der Waals surface area contributed by atoms with Crippen molar-refractivity contribution in [2.75, 3.05) is 19.6 Å². The predicted molar refractivity (Wildman–Crippen MR) is 90.6 cm³/mol. The number of likely N-dealkylation sites (tertiary alicyclic amines) is 1. The average Bonchev–Trinajstić information content (AvgIpc) is 2.53. The van der Waals surface area contributed by atoms with Crippen molar-refractivity contribution in [3.63, 3.8) is 0 Å². The summed E-state index contributed by atoms with van der Waals surface area (Å²) in [4.78, 5) is 26.0. The topological polar surface area (TPSA) is 63.4 Å². The molecule has 2 N–H and O–H groups in total. The number of nitrogens with two attached hydrogens (primary N) is 1. The van der Waals surface area contributed by atoms with E-state index >= 15 is 0 Å². The molecule has 1 fully saturated rings. The molecule has 4 nitrogen and oxygen atoms in total. The van der Waals surface area contributed by atoms with Crippen LogP contribution in [0.2, 0.25) is 5.02 Å². The Morgan fingerprint density at radius 2 is 1.73 bits per heavy atom. The Hall–Kier alpha value is -1.10. The third-order valence-electron chi connectivity index (χ3n) is 4.03. The van der Waals surface area contributed by atoms with E-state index in [2.05, 4.69) is 0 Å². The van der Waals surface area contributed by atoms with Gasteiger partial charge >= 0.3 is 0 Å². The minimum Gasteiger partial charge on any atom is -0.343 e. The van der Waals surface area contributed by atoms with Gasteiger partial charge in [0, 0.05) is 36.5 Å². The average molecular weight is 345 g/mol. The SMILES string of the molecule is Cl.NCC1CCN(C(=O)CCC(=O)c2ccc(Cl)cc2)CC1. The summed E-state index contributed by atoms with van der Waals surface area (Å²) in [5.41, 5.74) is 6.25. The molecule has 1 heterocycles. The van der Waals surface area contributed by atoms with Crippen molar-refractivity contribution in [3.05, 3.63) is 34.9 Å². The minimum absolute atomic E-state index is 0. The second kappa shape index (κ2) is 9.13. The Morgan fingerprint density at radius 1 is 1.14 bits per heavy atom. The maximum Gasteiger partial charge on any atom is 0.223 e. The monoisotopic (exact) mass is 344 g/mol. The van der Waals surface area contributed by atoms with Gasteiger partial charge in [-0.15, -0.1) is 12.4 Å². The third-order valence-corrected chi connectivity index (χ3v) is 4.28. The van der Waals surface area contributed by atoms with Crippen molar-refractivity contribution in [2.24, 2.45) is 11.7 Å². The minimum atomic E-state index is -0.0168. The molecule has 1 aliphatic rings. The number of piperidine rings is 1. The smallest absolute Gasteiger partial charge is 0.223 e. The fraction of sp³-hybridized carbons (Fsp3) is 0.500. The lowest BCUT2D eigenvalue weighted by Gasteiger charge is -2.31. The summed E-state index contributed by atoms with van der Waals surface area (Å²) in [5, 5.41) is 0.602. The summed E-state index contributed by atoms with van der Waals surface area (Å²) in [6.45, 7) is 2.21. The molecule has 6 heteroatoms. The highest BCUT2D eigenvalue weighted by Crippen LogP contribution is 2.17. The lowest BCUT2D eigenvalue weighted by molar-refractivity contribution is -0.132. The van der Waals surface area contributed by atoms with E-state index in [0.29, 0.717) is 23.0 Å². The molecule has 122 valence electrons. The van der Waals surface area contributed by atoms with Gasteiger partial charge in [-0.05, 0) is 49.6 Å². The molecule has 1 amide bonds. The first-order chi connectivity index (χ1) is 10.1. The lowest BCUT2D eigenvalue weighted by Crippen LogP contribution is -2.40. The summed E-state index contributed by atoms with van der Waals surface area (Å²) in [6.07, 6.45) is 2.45. The number of amides is 1. The zero-order chi connectivity index (χ0) is 15.2. The van der Waals surface area contributed by atoms with Crippen LogP contribution in [0, 0.1) is 5.92 Å². The first-order valence-electron chi connectivity index (χ1n) is 7.36. The van der Waals surface area contributed by atoms with Crippen LogP contribution in [0.4, 0.5) is 0 Å². The van der Waals surface area contributed by atoms with Gasteiger partial charge in [0.25, 0.3) is 0 Å². The number of Topliss-reactive ketones (excluding diaryl/α,β-unsaturated/α-hetero) is 1. The summed E-state index contributed by atoms with van der Waals surface area (Å²) in [5.74, 6) is 0.578. The molecule has 0 unspecified atom stereocenters. The summed E-state index contributed by atoms with van der Waals surface area (Å²) in [7, 11) is 0. The molecule has 2 rings (SSSR count). The molecule has 0 spiro atoms. The molecule has 1 aromatic carbocycles. The van der Waals surface area contributed by atoms with E-state index in [0.717, 1.165) is 25.9 Å². The Kier molecular flexibility index (Phi) is 7.87. The quantitative estimate of drug-likeness (QED) is 0.835. The van der Waals surface area contributed by atoms with Gasteiger partial charge in [0.05, 0.1) is 0 Å². The van der Waals surface area contributed by atoms with Gasteiger partial charge in [-0.1, -0.05) is 11.6 Å². The number of hydrogen-bond donors (Lipinski definition) is 1. The molecule has 1 aliphatic heterocycles. The first-order valence-corrected chi connectivity index (χ1v) is 7.74. The highest BCUT2D eigenvalue weighted by atomic mass is 35.5. The zero-order valence-electron chi connectivity index (χ0n) is 12.5.